The number of amides is 1. The number of carbonyl (C=O) groups excluding carboxylic acids is 2. The molecule has 27 heavy (non-hydrogen) atoms. The maximum absolute atomic E-state index is 12.6. The fraction of sp³-hybridized carbons (Fsp3) is 0.190. The van der Waals surface area contributed by atoms with Crippen LogP contribution in [0.3, 0.4) is 0 Å². The number of hydrogen-bond acceptors (Lipinski definition) is 4. The maximum Gasteiger partial charge on any atom is 0.332 e. The molecule has 0 aromatic heterocycles. The summed E-state index contributed by atoms with van der Waals surface area (Å²) in [4.78, 5) is 39.4. The van der Waals surface area contributed by atoms with Crippen LogP contribution in [0, 0.1) is 11.8 Å². The van der Waals surface area contributed by atoms with Gasteiger partial charge in [0.25, 0.3) is 5.91 Å². The Hall–Kier alpha value is -3.59. The Bertz CT molecular complexity index is 968. The number of hydrogen-bond donors (Lipinski definition) is 2. The van der Waals surface area contributed by atoms with Crippen LogP contribution in [0.15, 0.2) is 42.5 Å². The third kappa shape index (κ3) is 4.33. The SMILES string of the molecule is O=C(O)CCC(=O)ONC(=O)c1cccc2c1-c1ccccc1CCC#C2. The molecule has 0 heterocycles. The largest absolute Gasteiger partial charge is 0.481 e. The van der Waals surface area contributed by atoms with Crippen LogP contribution >= 0.6 is 0 Å². The van der Waals surface area contributed by atoms with E-state index in [9.17, 15) is 14.4 Å². The number of aliphatic carboxylic acids is 1. The molecular weight excluding hydrogens is 346 g/mol. The van der Waals surface area contributed by atoms with E-state index in [0.717, 1.165) is 29.5 Å². The molecule has 3 rings (SSSR count). The van der Waals surface area contributed by atoms with E-state index in [1.165, 1.54) is 0 Å². The van der Waals surface area contributed by atoms with E-state index in [1.54, 1.807) is 12.1 Å². The van der Waals surface area contributed by atoms with E-state index in [1.807, 2.05) is 30.3 Å². The molecule has 0 bridgehead atoms. The van der Waals surface area contributed by atoms with Crippen LogP contribution in [0.1, 0.15) is 40.7 Å². The number of benzene rings is 2. The molecule has 136 valence electrons. The molecule has 2 N–H and O–H groups in total. The van der Waals surface area contributed by atoms with Gasteiger partial charge in [0.15, 0.2) is 0 Å². The summed E-state index contributed by atoms with van der Waals surface area (Å²) in [6, 6.07) is 13.0. The zero-order chi connectivity index (χ0) is 19.2. The van der Waals surface area contributed by atoms with Crippen molar-refractivity contribution in [2.45, 2.75) is 25.7 Å². The molecule has 0 atom stereocenters. The van der Waals surface area contributed by atoms with E-state index in [-0.39, 0.29) is 12.8 Å². The van der Waals surface area contributed by atoms with Crippen molar-refractivity contribution in [3.05, 3.63) is 59.2 Å². The molecule has 6 heteroatoms. The molecule has 0 fully saturated rings. The second kappa shape index (κ2) is 8.19. The van der Waals surface area contributed by atoms with Gasteiger partial charge >= 0.3 is 11.9 Å². The van der Waals surface area contributed by atoms with Gasteiger partial charge in [-0.2, -0.15) is 5.48 Å². The van der Waals surface area contributed by atoms with E-state index in [0.29, 0.717) is 11.1 Å². The first kappa shape index (κ1) is 18.2. The minimum absolute atomic E-state index is 0.323. The van der Waals surface area contributed by atoms with E-state index in [2.05, 4.69) is 17.3 Å². The summed E-state index contributed by atoms with van der Waals surface area (Å²) >= 11 is 0. The molecule has 0 saturated heterocycles. The first-order valence-corrected chi connectivity index (χ1v) is 8.48. The topological polar surface area (TPSA) is 92.7 Å². The van der Waals surface area contributed by atoms with Crippen molar-refractivity contribution in [2.24, 2.45) is 0 Å². The molecule has 0 saturated carbocycles. The lowest BCUT2D eigenvalue weighted by molar-refractivity contribution is -0.151. The first-order chi connectivity index (χ1) is 13.1. The fourth-order valence-electron chi connectivity index (χ4n) is 2.89. The van der Waals surface area contributed by atoms with Gasteiger partial charge in [-0.15, -0.1) is 0 Å². The van der Waals surface area contributed by atoms with Crippen molar-refractivity contribution < 1.29 is 24.3 Å². The molecule has 1 amide bonds. The quantitative estimate of drug-likeness (QED) is 0.644. The summed E-state index contributed by atoms with van der Waals surface area (Å²) in [6.45, 7) is 0. The van der Waals surface area contributed by atoms with Crippen molar-refractivity contribution in [1.82, 2.24) is 5.48 Å². The van der Waals surface area contributed by atoms with Gasteiger partial charge in [0, 0.05) is 17.5 Å². The normalized spacial score (nSPS) is 11.6. The zero-order valence-electron chi connectivity index (χ0n) is 14.5. The van der Waals surface area contributed by atoms with Gasteiger partial charge in [-0.05, 0) is 29.7 Å². The van der Waals surface area contributed by atoms with Crippen molar-refractivity contribution in [3.63, 3.8) is 0 Å². The molecule has 2 aromatic carbocycles. The lowest BCUT2D eigenvalue weighted by atomic mass is 9.88. The minimum atomic E-state index is -1.11. The predicted octanol–water partition coefficient (Wildman–Crippen LogP) is 2.70. The van der Waals surface area contributed by atoms with Crippen LogP contribution in [-0.2, 0) is 20.8 Å². The van der Waals surface area contributed by atoms with Crippen LogP contribution in [0.5, 0.6) is 0 Å². The molecule has 0 aliphatic heterocycles. The fourth-order valence-corrected chi connectivity index (χ4v) is 2.89. The van der Waals surface area contributed by atoms with Crippen LogP contribution in [0.25, 0.3) is 11.1 Å². The summed E-state index contributed by atoms with van der Waals surface area (Å²) < 4.78 is 0. The predicted molar refractivity (Wildman–Crippen MR) is 97.5 cm³/mol. The van der Waals surface area contributed by atoms with Gasteiger partial charge in [-0.1, -0.05) is 42.2 Å². The number of carboxylic acids is 1. The highest BCUT2D eigenvalue weighted by atomic mass is 16.7. The molecule has 0 radical (unpaired) electrons. The second-order valence-corrected chi connectivity index (χ2v) is 5.99. The average molecular weight is 363 g/mol. The summed E-state index contributed by atoms with van der Waals surface area (Å²) in [5.41, 5.74) is 5.88. The Labute approximate surface area is 156 Å². The molecular formula is C21H17NO5. The van der Waals surface area contributed by atoms with Gasteiger partial charge in [0.2, 0.25) is 0 Å². The minimum Gasteiger partial charge on any atom is -0.481 e. The molecule has 1 aliphatic carbocycles. The Morgan fingerprint density at radius 2 is 1.89 bits per heavy atom. The zero-order valence-corrected chi connectivity index (χ0v) is 14.5. The van der Waals surface area contributed by atoms with Gasteiger partial charge in [-0.25, -0.2) is 4.79 Å². The van der Waals surface area contributed by atoms with Gasteiger partial charge in [-0.3, -0.25) is 9.59 Å². The molecule has 2 aromatic rings. The van der Waals surface area contributed by atoms with Gasteiger partial charge in [0.05, 0.1) is 18.4 Å². The van der Waals surface area contributed by atoms with Crippen LogP contribution in [-0.4, -0.2) is 23.0 Å². The Morgan fingerprint density at radius 1 is 1.07 bits per heavy atom. The average Bonchev–Trinajstić information content (AvgIpc) is 2.66. The highest BCUT2D eigenvalue weighted by Crippen LogP contribution is 2.32. The number of rotatable bonds is 4. The highest BCUT2D eigenvalue weighted by molar-refractivity contribution is 6.02. The number of hydroxylamine groups is 1. The van der Waals surface area contributed by atoms with E-state index < -0.39 is 17.8 Å². The number of carbonyl (C=O) groups is 3. The highest BCUT2D eigenvalue weighted by Gasteiger charge is 2.20. The van der Waals surface area contributed by atoms with Crippen LogP contribution in [0.2, 0.25) is 0 Å². The Morgan fingerprint density at radius 3 is 2.70 bits per heavy atom. The summed E-state index contributed by atoms with van der Waals surface area (Å²) in [6.07, 6.45) is 0.825. The Kier molecular flexibility index (Phi) is 5.53. The first-order valence-electron chi connectivity index (χ1n) is 8.48. The van der Waals surface area contributed by atoms with Crippen molar-refractivity contribution in [2.75, 3.05) is 0 Å². The number of nitrogens with one attached hydrogen (secondary N) is 1. The number of carboxylic acid groups (broad SMARTS) is 1. The number of fused-ring (bicyclic) bond motifs is 3. The third-order valence-electron chi connectivity index (χ3n) is 4.14. The van der Waals surface area contributed by atoms with Crippen LogP contribution < -0.4 is 5.48 Å². The van der Waals surface area contributed by atoms with E-state index in [4.69, 9.17) is 9.94 Å². The maximum atomic E-state index is 12.6. The molecule has 0 unspecified atom stereocenters. The second-order valence-electron chi connectivity index (χ2n) is 5.99. The summed E-state index contributed by atoms with van der Waals surface area (Å²) in [7, 11) is 0. The Balaban J connectivity index is 1.89. The number of aryl methyl sites for hydroxylation is 1. The standard InChI is InChI=1S/C21H17NO5/c23-18(24)12-13-19(25)27-22-21(26)17-11-5-9-15-8-2-1-6-14-7-3-4-10-16(14)20(15)17/h3-5,7,9-11H,1,6,12-13H2,(H,22,26)(H,23,24). The molecule has 0 spiro atoms. The van der Waals surface area contributed by atoms with E-state index >= 15 is 0 Å². The van der Waals surface area contributed by atoms with Gasteiger partial charge in [0.1, 0.15) is 0 Å². The smallest absolute Gasteiger partial charge is 0.332 e. The molecule has 6 nitrogen and oxygen atoms in total. The van der Waals surface area contributed by atoms with Crippen molar-refractivity contribution in [3.8, 4) is 23.0 Å². The summed E-state index contributed by atoms with van der Waals surface area (Å²) in [5.74, 6) is 3.68. The monoisotopic (exact) mass is 363 g/mol. The molecule has 1 aliphatic rings. The van der Waals surface area contributed by atoms with Crippen LogP contribution in [0.4, 0.5) is 0 Å². The lowest BCUT2D eigenvalue weighted by Gasteiger charge is -2.16. The lowest BCUT2D eigenvalue weighted by Crippen LogP contribution is -2.28. The van der Waals surface area contributed by atoms with Crippen molar-refractivity contribution in [1.29, 1.82) is 0 Å². The third-order valence-corrected chi connectivity index (χ3v) is 4.14. The summed E-state index contributed by atoms with van der Waals surface area (Å²) in [5, 5.41) is 8.58. The van der Waals surface area contributed by atoms with Gasteiger partial charge < -0.3 is 9.94 Å². The van der Waals surface area contributed by atoms with Crippen molar-refractivity contribution >= 4 is 17.8 Å².